The lowest BCUT2D eigenvalue weighted by Crippen LogP contribution is -2.43. The monoisotopic (exact) mass is 482 g/mol. The number of nitrogens with one attached hydrogen (secondary N) is 2. The third kappa shape index (κ3) is 7.09. The number of carbonyl (C=O) groups excluding carboxylic acids is 2. The van der Waals surface area contributed by atoms with Crippen LogP contribution >= 0.6 is 0 Å². The number of aromatic nitrogens is 4. The lowest BCUT2D eigenvalue weighted by atomic mass is 10.1. The molecule has 2 fully saturated rings. The second kappa shape index (κ2) is 9.90. The van der Waals surface area contributed by atoms with E-state index < -0.39 is 23.2 Å². The maximum atomic E-state index is 12.1. The second-order valence-corrected chi connectivity index (χ2v) is 9.00. The van der Waals surface area contributed by atoms with Gasteiger partial charge in [-0.2, -0.15) is 13.2 Å². The number of alkyl carbamates (subject to hydrolysis) is 1. The first-order valence-corrected chi connectivity index (χ1v) is 10.3. The van der Waals surface area contributed by atoms with Gasteiger partial charge in [-0.05, 0) is 46.5 Å². The van der Waals surface area contributed by atoms with Gasteiger partial charge < -0.3 is 15.4 Å². The van der Waals surface area contributed by atoms with E-state index in [0.29, 0.717) is 18.4 Å². The molecule has 2 amide bonds. The predicted octanol–water partition coefficient (Wildman–Crippen LogP) is 3.77. The molecule has 12 heteroatoms. The maximum absolute atomic E-state index is 12.1. The zero-order valence-electron chi connectivity index (χ0n) is 18.4. The Kier molecular flexibility index (Phi) is 7.84. The van der Waals surface area contributed by atoms with Gasteiger partial charge in [0.2, 0.25) is 0 Å². The van der Waals surface area contributed by atoms with Crippen molar-refractivity contribution < 1.29 is 27.5 Å². The normalized spacial score (nSPS) is 17.1. The molecule has 0 radical (unpaired) electrons. The fourth-order valence-electron chi connectivity index (χ4n) is 3.10. The van der Waals surface area contributed by atoms with E-state index in [1.165, 1.54) is 25.0 Å². The number of ether oxygens (including phenoxy) is 1. The Bertz CT molecular complexity index is 973. The lowest BCUT2D eigenvalue weighted by molar-refractivity contribution is -0.174. The second-order valence-electron chi connectivity index (χ2n) is 9.00. The maximum Gasteiger partial charge on any atom is 0.471 e. The first-order chi connectivity index (χ1) is 15.4. The molecule has 2 aliphatic rings. The van der Waals surface area contributed by atoms with Crippen LogP contribution in [0.2, 0.25) is 0 Å². The Labute approximate surface area is 196 Å². The first kappa shape index (κ1) is 26.9. The van der Waals surface area contributed by atoms with Crippen molar-refractivity contribution in [2.75, 3.05) is 0 Å². The van der Waals surface area contributed by atoms with E-state index in [0.717, 1.165) is 18.4 Å². The van der Waals surface area contributed by atoms with Gasteiger partial charge in [0.25, 0.3) is 0 Å². The van der Waals surface area contributed by atoms with Gasteiger partial charge in [-0.1, -0.05) is 7.43 Å². The summed E-state index contributed by atoms with van der Waals surface area (Å²) >= 11 is 0. The highest BCUT2D eigenvalue weighted by atomic mass is 19.4. The van der Waals surface area contributed by atoms with Gasteiger partial charge in [-0.25, -0.2) is 24.7 Å². The number of carbonyl (C=O) groups is 2. The summed E-state index contributed by atoms with van der Waals surface area (Å²) in [6.45, 7) is 5.54. The van der Waals surface area contributed by atoms with Crippen LogP contribution in [0.4, 0.5) is 18.0 Å². The molecule has 2 aromatic heterocycles. The zero-order valence-corrected chi connectivity index (χ0v) is 18.4. The van der Waals surface area contributed by atoms with Crippen molar-refractivity contribution >= 4 is 12.0 Å². The van der Waals surface area contributed by atoms with E-state index in [2.05, 4.69) is 25.3 Å². The SMILES string of the molecule is C.CC(C)(C)OC(=O)NC1(c2cncnc2)CC1.O=C(NC1(c2cncnc2)CC1)C(F)(F)F. The first-order valence-electron chi connectivity index (χ1n) is 10.3. The fraction of sp³-hybridized carbons (Fsp3) is 0.545. The van der Waals surface area contributed by atoms with Crippen molar-refractivity contribution in [1.29, 1.82) is 0 Å². The van der Waals surface area contributed by atoms with Crippen molar-refractivity contribution in [2.45, 2.75) is 76.7 Å². The number of halogens is 3. The van der Waals surface area contributed by atoms with Crippen molar-refractivity contribution in [2.24, 2.45) is 0 Å². The molecule has 34 heavy (non-hydrogen) atoms. The minimum Gasteiger partial charge on any atom is -0.444 e. The molecule has 2 N–H and O–H groups in total. The van der Waals surface area contributed by atoms with Crippen molar-refractivity contribution in [3.8, 4) is 0 Å². The van der Waals surface area contributed by atoms with Gasteiger partial charge in [-0.3, -0.25) is 4.79 Å². The molecule has 0 saturated heterocycles. The topological polar surface area (TPSA) is 119 Å². The van der Waals surface area contributed by atoms with Crippen molar-refractivity contribution in [3.05, 3.63) is 48.6 Å². The predicted molar refractivity (Wildman–Crippen MR) is 116 cm³/mol. The number of nitrogens with zero attached hydrogens (tertiary/aromatic N) is 4. The average Bonchev–Trinajstić information content (AvgIpc) is 3.65. The Hall–Kier alpha value is -3.31. The van der Waals surface area contributed by atoms with E-state index in [1.54, 1.807) is 12.4 Å². The van der Waals surface area contributed by atoms with Crippen LogP contribution in [0.25, 0.3) is 0 Å². The van der Waals surface area contributed by atoms with E-state index in [4.69, 9.17) is 4.74 Å². The summed E-state index contributed by atoms with van der Waals surface area (Å²) in [5.41, 5.74) is -0.274. The molecule has 0 unspecified atom stereocenters. The molecule has 9 nitrogen and oxygen atoms in total. The Morgan fingerprint density at radius 2 is 1.21 bits per heavy atom. The molecule has 0 bridgehead atoms. The molecule has 0 aromatic carbocycles. The number of alkyl halides is 3. The van der Waals surface area contributed by atoms with Crippen LogP contribution in [0.1, 0.15) is 65.0 Å². The molecule has 2 aliphatic carbocycles. The van der Waals surface area contributed by atoms with Gasteiger partial charge in [0, 0.05) is 35.9 Å². The molecule has 4 rings (SSSR count). The number of amides is 2. The summed E-state index contributed by atoms with van der Waals surface area (Å²) in [5, 5.41) is 4.88. The summed E-state index contributed by atoms with van der Waals surface area (Å²) in [7, 11) is 0. The smallest absolute Gasteiger partial charge is 0.444 e. The number of rotatable bonds is 4. The number of hydrogen-bond donors (Lipinski definition) is 2. The standard InChI is InChI=1S/C12H17N3O2.C9H8F3N3O.CH4/c1-11(2,3)17-10(16)15-12(4-5-12)9-6-13-8-14-7-9;10-9(11,12)7(16)15-8(1-2-8)6-3-13-5-14-4-6;/h6-8H,4-5H2,1-3H3,(H,15,16);3-5H,1-2H2,(H,15,16);1H4. The third-order valence-electron chi connectivity index (χ3n) is 5.08. The van der Waals surface area contributed by atoms with Crippen LogP contribution in [0.15, 0.2) is 37.4 Å². The molecular formula is C22H29F3N6O3. The van der Waals surface area contributed by atoms with E-state index in [9.17, 15) is 22.8 Å². The van der Waals surface area contributed by atoms with Crippen LogP contribution in [0.5, 0.6) is 0 Å². The Morgan fingerprint density at radius 3 is 1.53 bits per heavy atom. The van der Waals surface area contributed by atoms with Crippen LogP contribution in [-0.2, 0) is 20.6 Å². The highest BCUT2D eigenvalue weighted by Crippen LogP contribution is 2.46. The highest BCUT2D eigenvalue weighted by Gasteiger charge is 2.51. The molecular weight excluding hydrogens is 453 g/mol. The van der Waals surface area contributed by atoms with E-state index in [-0.39, 0.29) is 19.1 Å². The highest BCUT2D eigenvalue weighted by molar-refractivity contribution is 5.83. The summed E-state index contributed by atoms with van der Waals surface area (Å²) < 4.78 is 41.5. The molecule has 186 valence electrons. The van der Waals surface area contributed by atoms with E-state index in [1.807, 2.05) is 26.1 Å². The van der Waals surface area contributed by atoms with Gasteiger partial charge in [-0.15, -0.1) is 0 Å². The van der Waals surface area contributed by atoms with Gasteiger partial charge in [0.05, 0.1) is 11.1 Å². The molecule has 2 aromatic rings. The van der Waals surface area contributed by atoms with Crippen LogP contribution in [0.3, 0.4) is 0 Å². The Balaban J connectivity index is 0.000000234. The fourth-order valence-corrected chi connectivity index (χ4v) is 3.10. The molecule has 2 heterocycles. The zero-order chi connectivity index (χ0) is 24.3. The van der Waals surface area contributed by atoms with Gasteiger partial charge >= 0.3 is 18.2 Å². The van der Waals surface area contributed by atoms with Gasteiger partial charge in [0.15, 0.2) is 0 Å². The van der Waals surface area contributed by atoms with E-state index >= 15 is 0 Å². The molecule has 0 atom stereocenters. The molecule has 0 spiro atoms. The third-order valence-corrected chi connectivity index (χ3v) is 5.08. The minimum absolute atomic E-state index is 0. The summed E-state index contributed by atoms with van der Waals surface area (Å²) in [5.74, 6) is -1.92. The quantitative estimate of drug-likeness (QED) is 0.681. The number of hydrogen-bond acceptors (Lipinski definition) is 7. The van der Waals surface area contributed by atoms with Gasteiger partial charge in [0.1, 0.15) is 18.3 Å². The molecule has 0 aliphatic heterocycles. The summed E-state index contributed by atoms with van der Waals surface area (Å²) in [6, 6.07) is 0. The average molecular weight is 483 g/mol. The lowest BCUT2D eigenvalue weighted by Gasteiger charge is -2.23. The summed E-state index contributed by atoms with van der Waals surface area (Å²) in [4.78, 5) is 37.9. The largest absolute Gasteiger partial charge is 0.471 e. The summed E-state index contributed by atoms with van der Waals surface area (Å²) in [6.07, 6.45) is 6.56. The van der Waals surface area contributed by atoms with Crippen LogP contribution in [0, 0.1) is 0 Å². The Morgan fingerprint density at radius 1 is 0.824 bits per heavy atom. The van der Waals surface area contributed by atoms with Crippen LogP contribution in [-0.4, -0.2) is 43.7 Å². The van der Waals surface area contributed by atoms with Crippen molar-refractivity contribution in [1.82, 2.24) is 30.6 Å². The van der Waals surface area contributed by atoms with Crippen molar-refractivity contribution in [3.63, 3.8) is 0 Å². The molecule has 2 saturated carbocycles. The minimum atomic E-state index is -4.86. The van der Waals surface area contributed by atoms with Crippen LogP contribution < -0.4 is 10.6 Å².